The second-order valence-electron chi connectivity index (χ2n) is 0.983. The maximum atomic E-state index is 4.71. The molecule has 0 aromatic carbocycles. The molecule has 4 heteroatoms. The van der Waals surface area contributed by atoms with Crippen LogP contribution in [-0.2, 0) is 4.74 Å². The van der Waals surface area contributed by atoms with E-state index < -0.39 is 0 Å². The lowest BCUT2D eigenvalue weighted by Gasteiger charge is -2.02. The Morgan fingerprint density at radius 3 is 2.29 bits per heavy atom. The van der Waals surface area contributed by atoms with E-state index in [9.17, 15) is 0 Å². The predicted octanol–water partition coefficient (Wildman–Crippen LogP) is 1.49. The van der Waals surface area contributed by atoms with Gasteiger partial charge in [-0.05, 0) is 19.1 Å². The second-order valence-corrected chi connectivity index (χ2v) is 2.79. The lowest BCUT2D eigenvalue weighted by Crippen LogP contribution is -1.99. The largest absolute Gasteiger partial charge is 0.465 e. The van der Waals surface area contributed by atoms with Crippen LogP contribution in [0.3, 0.4) is 0 Å². The van der Waals surface area contributed by atoms with Crippen molar-refractivity contribution in [2.24, 2.45) is 0 Å². The third-order valence-corrected chi connectivity index (χ3v) is 0.578. The van der Waals surface area contributed by atoms with Crippen molar-refractivity contribution in [2.75, 3.05) is 0 Å². The molecule has 0 bridgehead atoms. The quantitative estimate of drug-likeness (QED) is 0.336. The van der Waals surface area contributed by atoms with Crippen molar-refractivity contribution in [1.82, 2.24) is 0 Å². The Kier molecular flexibility index (Phi) is 3.88. The van der Waals surface area contributed by atoms with Crippen LogP contribution in [0.4, 0.5) is 0 Å². The zero-order valence-electron chi connectivity index (χ0n) is 3.79. The molecule has 42 valence electrons. The van der Waals surface area contributed by atoms with Gasteiger partial charge in [0.25, 0.3) is 0 Å². The summed E-state index contributed by atoms with van der Waals surface area (Å²) in [6, 6.07) is 0. The number of hydrogen-bond donors (Lipinski definition) is 2. The summed E-state index contributed by atoms with van der Waals surface area (Å²) < 4.78 is 4.95. The highest BCUT2D eigenvalue weighted by atomic mass is 32.1. The molecule has 1 nitrogen and oxygen atoms in total. The first kappa shape index (κ1) is 7.59. The third kappa shape index (κ3) is 6.59. The summed E-state index contributed by atoms with van der Waals surface area (Å²) in [6.45, 7) is 1.77. The number of thiol groups is 2. The summed E-state index contributed by atoms with van der Waals surface area (Å²) >= 11 is 12.0. The van der Waals surface area contributed by atoms with E-state index >= 15 is 0 Å². The highest BCUT2D eigenvalue weighted by molar-refractivity contribution is 8.10. The Morgan fingerprint density at radius 2 is 2.29 bits per heavy atom. The van der Waals surface area contributed by atoms with Gasteiger partial charge in [0.1, 0.15) is 5.44 Å². The van der Waals surface area contributed by atoms with E-state index in [0.717, 1.165) is 0 Å². The van der Waals surface area contributed by atoms with Crippen molar-refractivity contribution >= 4 is 41.9 Å². The maximum Gasteiger partial charge on any atom is 0.217 e. The second kappa shape index (κ2) is 3.57. The molecular weight excluding hydrogens is 148 g/mol. The minimum absolute atomic E-state index is 0.148. The van der Waals surface area contributed by atoms with E-state index in [4.69, 9.17) is 4.74 Å². The first-order chi connectivity index (χ1) is 3.13. The first-order valence-electron chi connectivity index (χ1n) is 1.70. The van der Waals surface area contributed by atoms with E-state index in [2.05, 4.69) is 37.5 Å². The predicted molar refractivity (Wildman–Crippen MR) is 41.1 cm³/mol. The molecule has 0 rings (SSSR count). The van der Waals surface area contributed by atoms with Gasteiger partial charge in [0.15, 0.2) is 0 Å². The van der Waals surface area contributed by atoms with Crippen LogP contribution in [-0.4, -0.2) is 9.82 Å². The van der Waals surface area contributed by atoms with Crippen molar-refractivity contribution < 1.29 is 4.74 Å². The van der Waals surface area contributed by atoms with Gasteiger partial charge in [-0.3, -0.25) is 0 Å². The Bertz CT molecular complexity index is 70.6. The molecule has 0 N–H and O–H groups in total. The fraction of sp³-hybridized carbons (Fsp3) is 0.667. The summed E-state index contributed by atoms with van der Waals surface area (Å²) in [5.41, 5.74) is -0.148. The van der Waals surface area contributed by atoms with Crippen LogP contribution in [0.5, 0.6) is 0 Å². The molecule has 0 amide bonds. The maximum absolute atomic E-state index is 4.71. The highest BCUT2D eigenvalue weighted by Crippen LogP contribution is 1.98. The normalized spacial score (nSPS) is 13.0. The molecule has 0 radical (unpaired) electrons. The molecular formula is C3H6OS3. The van der Waals surface area contributed by atoms with Gasteiger partial charge in [-0.1, -0.05) is 12.6 Å². The molecule has 0 aliphatic rings. The SMILES string of the molecule is CC(S)OC(=S)S. The molecule has 7 heavy (non-hydrogen) atoms. The molecule has 0 aromatic rings. The third-order valence-electron chi connectivity index (χ3n) is 0.271. The summed E-state index contributed by atoms with van der Waals surface area (Å²) in [6.07, 6.45) is 0. The van der Waals surface area contributed by atoms with Crippen molar-refractivity contribution in [3.63, 3.8) is 0 Å². The molecule has 0 aliphatic carbocycles. The fourth-order valence-electron chi connectivity index (χ4n) is 0.146. The number of rotatable bonds is 1. The number of ether oxygens (including phenoxy) is 1. The zero-order valence-corrected chi connectivity index (χ0v) is 6.39. The van der Waals surface area contributed by atoms with Gasteiger partial charge in [-0.15, -0.1) is 12.6 Å². The molecule has 1 atom stereocenters. The van der Waals surface area contributed by atoms with Crippen LogP contribution in [0.1, 0.15) is 6.92 Å². The molecule has 0 aliphatic heterocycles. The smallest absolute Gasteiger partial charge is 0.217 e. The van der Waals surface area contributed by atoms with Crippen molar-refractivity contribution in [2.45, 2.75) is 12.4 Å². The highest BCUT2D eigenvalue weighted by Gasteiger charge is 1.91. The molecule has 0 aromatic heterocycles. The summed E-state index contributed by atoms with van der Waals surface area (Å²) in [5, 5.41) is 0. The fourth-order valence-corrected chi connectivity index (χ4v) is 0.708. The Hall–Kier alpha value is 0.590. The molecule has 0 heterocycles. The molecule has 0 saturated carbocycles. The van der Waals surface area contributed by atoms with Crippen LogP contribution in [0.2, 0.25) is 0 Å². The summed E-state index contributed by atoms with van der Waals surface area (Å²) in [5.74, 6) is 0. The zero-order chi connectivity index (χ0) is 5.86. The van der Waals surface area contributed by atoms with Crippen LogP contribution in [0.25, 0.3) is 0 Å². The van der Waals surface area contributed by atoms with Crippen molar-refractivity contribution in [1.29, 1.82) is 0 Å². The minimum Gasteiger partial charge on any atom is -0.465 e. The molecule has 1 unspecified atom stereocenters. The lowest BCUT2D eigenvalue weighted by molar-refractivity contribution is 0.314. The van der Waals surface area contributed by atoms with Gasteiger partial charge in [0.2, 0.25) is 4.38 Å². The van der Waals surface area contributed by atoms with E-state index in [0.29, 0.717) is 0 Å². The average Bonchev–Trinajstić information content (AvgIpc) is 1.27. The number of hydrogen-bond acceptors (Lipinski definition) is 3. The minimum atomic E-state index is -0.148. The van der Waals surface area contributed by atoms with Gasteiger partial charge < -0.3 is 4.74 Å². The Balaban J connectivity index is 3.13. The average molecular weight is 154 g/mol. The van der Waals surface area contributed by atoms with Gasteiger partial charge in [-0.2, -0.15) is 0 Å². The summed E-state index contributed by atoms with van der Waals surface area (Å²) in [7, 11) is 0. The van der Waals surface area contributed by atoms with Crippen LogP contribution in [0, 0.1) is 0 Å². The van der Waals surface area contributed by atoms with Crippen LogP contribution in [0.15, 0.2) is 0 Å². The van der Waals surface area contributed by atoms with Gasteiger partial charge >= 0.3 is 0 Å². The van der Waals surface area contributed by atoms with Crippen LogP contribution >= 0.6 is 37.5 Å². The first-order valence-corrected chi connectivity index (χ1v) is 3.07. The monoisotopic (exact) mass is 154 g/mol. The van der Waals surface area contributed by atoms with Gasteiger partial charge in [0, 0.05) is 0 Å². The van der Waals surface area contributed by atoms with E-state index in [-0.39, 0.29) is 9.82 Å². The van der Waals surface area contributed by atoms with Crippen LogP contribution < -0.4 is 0 Å². The number of thiocarbonyl (C=S) groups is 1. The lowest BCUT2D eigenvalue weighted by atomic mass is 10.9. The molecule has 0 saturated heterocycles. The standard InChI is InChI=1S/C3H6OS3/c1-2(5)4-3(6)7/h2,5H,1H3,(H,6,7). The molecule has 0 spiro atoms. The molecule has 0 fully saturated rings. The van der Waals surface area contributed by atoms with E-state index in [1.807, 2.05) is 0 Å². The van der Waals surface area contributed by atoms with Gasteiger partial charge in [0.05, 0.1) is 0 Å². The Morgan fingerprint density at radius 1 is 1.86 bits per heavy atom. The summed E-state index contributed by atoms with van der Waals surface area (Å²) in [4.78, 5) is 0. The van der Waals surface area contributed by atoms with Crippen molar-refractivity contribution in [3.8, 4) is 0 Å². The van der Waals surface area contributed by atoms with Crippen molar-refractivity contribution in [3.05, 3.63) is 0 Å². The Labute approximate surface area is 59.3 Å². The van der Waals surface area contributed by atoms with E-state index in [1.54, 1.807) is 6.92 Å². The van der Waals surface area contributed by atoms with Gasteiger partial charge in [-0.25, -0.2) is 0 Å². The topological polar surface area (TPSA) is 9.23 Å². The van der Waals surface area contributed by atoms with E-state index in [1.165, 1.54) is 0 Å².